The molecule has 0 spiro atoms. The molecule has 0 aliphatic heterocycles. The molecule has 1 fully saturated rings. The topological polar surface area (TPSA) is 31.4 Å². The number of rotatable bonds is 6. The Hall–Kier alpha value is -2.24. The van der Waals surface area contributed by atoms with Gasteiger partial charge in [0.2, 0.25) is 5.88 Å². The largest absolute Gasteiger partial charge is 0.493 e. The van der Waals surface area contributed by atoms with Gasteiger partial charge in [0.1, 0.15) is 11.6 Å². The fourth-order valence-corrected chi connectivity index (χ4v) is 2.39. The fourth-order valence-electron chi connectivity index (χ4n) is 2.39. The minimum absolute atomic E-state index is 0.0811. The molecular formula is C17H16F3NO2. The van der Waals surface area contributed by atoms with E-state index in [1.165, 1.54) is 19.2 Å². The Bertz CT molecular complexity index is 689. The molecule has 1 unspecified atom stereocenters. The first-order valence-corrected chi connectivity index (χ1v) is 7.29. The van der Waals surface area contributed by atoms with Gasteiger partial charge in [-0.05, 0) is 30.2 Å². The summed E-state index contributed by atoms with van der Waals surface area (Å²) in [6, 6.07) is 7.71. The Morgan fingerprint density at radius 3 is 2.61 bits per heavy atom. The number of methoxy groups -OCH3 is 1. The molecule has 3 nitrogen and oxygen atoms in total. The third kappa shape index (κ3) is 3.75. The molecule has 1 aromatic carbocycles. The summed E-state index contributed by atoms with van der Waals surface area (Å²) in [6.07, 6.45) is 1.76. The summed E-state index contributed by atoms with van der Waals surface area (Å²) in [5, 5.41) is 0. The number of halogens is 3. The van der Waals surface area contributed by atoms with E-state index in [1.807, 2.05) is 0 Å². The molecule has 0 saturated heterocycles. The normalized spacial score (nSPS) is 18.5. The minimum Gasteiger partial charge on any atom is -0.493 e. The van der Waals surface area contributed by atoms with E-state index in [0.29, 0.717) is 22.8 Å². The Morgan fingerprint density at radius 2 is 2.00 bits per heavy atom. The van der Waals surface area contributed by atoms with Crippen molar-refractivity contribution in [2.75, 3.05) is 13.7 Å². The maximum atomic E-state index is 13.7. The van der Waals surface area contributed by atoms with Gasteiger partial charge in [-0.15, -0.1) is 0 Å². The van der Waals surface area contributed by atoms with E-state index in [0.717, 1.165) is 0 Å². The van der Waals surface area contributed by atoms with Crippen LogP contribution in [0.15, 0.2) is 36.5 Å². The van der Waals surface area contributed by atoms with Crippen molar-refractivity contribution in [3.8, 4) is 22.8 Å². The molecule has 1 heterocycles. The van der Waals surface area contributed by atoms with E-state index >= 15 is 0 Å². The molecule has 0 bridgehead atoms. The van der Waals surface area contributed by atoms with Gasteiger partial charge in [-0.25, -0.2) is 18.2 Å². The molecule has 1 aliphatic rings. The summed E-state index contributed by atoms with van der Waals surface area (Å²) < 4.78 is 49.7. The number of ether oxygens (including phenoxy) is 2. The van der Waals surface area contributed by atoms with Crippen molar-refractivity contribution >= 4 is 0 Å². The van der Waals surface area contributed by atoms with E-state index < -0.39 is 17.7 Å². The summed E-state index contributed by atoms with van der Waals surface area (Å²) in [5.41, 5.74) is 1.32. The Kier molecular flexibility index (Phi) is 4.15. The van der Waals surface area contributed by atoms with Gasteiger partial charge in [-0.1, -0.05) is 0 Å². The van der Waals surface area contributed by atoms with Gasteiger partial charge in [0.25, 0.3) is 5.92 Å². The van der Waals surface area contributed by atoms with Crippen LogP contribution in [-0.4, -0.2) is 24.6 Å². The molecule has 6 heteroatoms. The minimum atomic E-state index is -2.55. The van der Waals surface area contributed by atoms with Crippen molar-refractivity contribution in [3.05, 3.63) is 42.3 Å². The van der Waals surface area contributed by atoms with Gasteiger partial charge >= 0.3 is 0 Å². The summed E-state index contributed by atoms with van der Waals surface area (Å²) in [7, 11) is 1.51. The summed E-state index contributed by atoms with van der Waals surface area (Å²) >= 11 is 0. The zero-order valence-corrected chi connectivity index (χ0v) is 12.6. The van der Waals surface area contributed by atoms with Gasteiger partial charge in [-0.3, -0.25) is 0 Å². The Morgan fingerprint density at radius 1 is 1.22 bits per heavy atom. The molecule has 0 N–H and O–H groups in total. The second-order valence-electron chi connectivity index (χ2n) is 5.56. The van der Waals surface area contributed by atoms with Gasteiger partial charge in [-0.2, -0.15) is 0 Å². The lowest BCUT2D eigenvalue weighted by atomic mass is 10.1. The average molecular weight is 323 g/mol. The number of alkyl halides is 2. The van der Waals surface area contributed by atoms with Crippen LogP contribution in [0.25, 0.3) is 11.1 Å². The van der Waals surface area contributed by atoms with Gasteiger partial charge < -0.3 is 9.47 Å². The first kappa shape index (κ1) is 15.6. The second-order valence-corrected chi connectivity index (χ2v) is 5.56. The molecule has 122 valence electrons. The molecule has 3 rings (SSSR count). The number of hydrogen-bond acceptors (Lipinski definition) is 3. The predicted octanol–water partition coefficient (Wildman–Crippen LogP) is 4.32. The quantitative estimate of drug-likeness (QED) is 0.793. The van der Waals surface area contributed by atoms with E-state index in [4.69, 9.17) is 9.47 Å². The predicted molar refractivity (Wildman–Crippen MR) is 79.3 cm³/mol. The number of aromatic nitrogens is 1. The van der Waals surface area contributed by atoms with Gasteiger partial charge in [0.05, 0.1) is 13.7 Å². The standard InChI is InChI=1S/C17H16F3NO2/c1-22-16-3-2-11(10-21-16)12-6-14(18)8-15(7-12)23-5-4-13-9-17(13,19)20/h2-3,6-8,10,13H,4-5,9H2,1H3. The van der Waals surface area contributed by atoms with Crippen LogP contribution in [0.3, 0.4) is 0 Å². The highest BCUT2D eigenvalue weighted by Gasteiger charge is 2.56. The van der Waals surface area contributed by atoms with Gasteiger partial charge in [0, 0.05) is 36.2 Å². The third-order valence-electron chi connectivity index (χ3n) is 3.84. The number of pyridine rings is 1. The van der Waals surface area contributed by atoms with Crippen molar-refractivity contribution in [2.24, 2.45) is 5.92 Å². The summed E-state index contributed by atoms with van der Waals surface area (Å²) in [6.45, 7) is 0.143. The SMILES string of the molecule is COc1ccc(-c2cc(F)cc(OCCC3CC3(F)F)c2)cn1. The molecular weight excluding hydrogens is 307 g/mol. The lowest BCUT2D eigenvalue weighted by molar-refractivity contribution is 0.0930. The maximum absolute atomic E-state index is 13.7. The molecule has 1 aromatic heterocycles. The van der Waals surface area contributed by atoms with Crippen LogP contribution >= 0.6 is 0 Å². The van der Waals surface area contributed by atoms with E-state index in [-0.39, 0.29) is 19.4 Å². The fraction of sp³-hybridized carbons (Fsp3) is 0.353. The number of hydrogen-bond donors (Lipinski definition) is 0. The molecule has 2 aromatic rings. The summed E-state index contributed by atoms with van der Waals surface area (Å²) in [4.78, 5) is 4.07. The highest BCUT2D eigenvalue weighted by Crippen LogP contribution is 2.50. The van der Waals surface area contributed by atoms with E-state index in [2.05, 4.69) is 4.98 Å². The molecule has 0 amide bonds. The number of benzene rings is 1. The van der Waals surface area contributed by atoms with Crippen LogP contribution in [0.5, 0.6) is 11.6 Å². The first-order chi connectivity index (χ1) is 11.0. The van der Waals surface area contributed by atoms with E-state index in [1.54, 1.807) is 24.4 Å². The van der Waals surface area contributed by atoms with Crippen LogP contribution in [0.4, 0.5) is 13.2 Å². The molecule has 1 atom stereocenters. The molecule has 0 radical (unpaired) electrons. The monoisotopic (exact) mass is 323 g/mol. The van der Waals surface area contributed by atoms with Crippen molar-refractivity contribution in [3.63, 3.8) is 0 Å². The van der Waals surface area contributed by atoms with Crippen molar-refractivity contribution < 1.29 is 22.6 Å². The zero-order valence-electron chi connectivity index (χ0n) is 12.6. The van der Waals surface area contributed by atoms with Crippen LogP contribution in [0.1, 0.15) is 12.8 Å². The van der Waals surface area contributed by atoms with Crippen LogP contribution < -0.4 is 9.47 Å². The molecule has 23 heavy (non-hydrogen) atoms. The lowest BCUT2D eigenvalue weighted by Gasteiger charge is -2.09. The zero-order chi connectivity index (χ0) is 16.4. The van der Waals surface area contributed by atoms with Crippen LogP contribution in [0, 0.1) is 11.7 Å². The van der Waals surface area contributed by atoms with Crippen molar-refractivity contribution in [1.29, 1.82) is 0 Å². The Balaban J connectivity index is 1.68. The maximum Gasteiger partial charge on any atom is 0.251 e. The van der Waals surface area contributed by atoms with Crippen LogP contribution in [-0.2, 0) is 0 Å². The van der Waals surface area contributed by atoms with Crippen molar-refractivity contribution in [1.82, 2.24) is 4.98 Å². The number of nitrogens with zero attached hydrogens (tertiary/aromatic N) is 1. The first-order valence-electron chi connectivity index (χ1n) is 7.29. The molecule has 1 saturated carbocycles. The average Bonchev–Trinajstić information content (AvgIpc) is 3.14. The Labute approximate surface area is 132 Å². The second kappa shape index (κ2) is 6.10. The van der Waals surface area contributed by atoms with Crippen LogP contribution in [0.2, 0.25) is 0 Å². The van der Waals surface area contributed by atoms with Gasteiger partial charge in [0.15, 0.2) is 0 Å². The highest BCUT2D eigenvalue weighted by atomic mass is 19.3. The smallest absolute Gasteiger partial charge is 0.251 e. The van der Waals surface area contributed by atoms with Crippen molar-refractivity contribution in [2.45, 2.75) is 18.8 Å². The lowest BCUT2D eigenvalue weighted by Crippen LogP contribution is -2.02. The summed E-state index contributed by atoms with van der Waals surface area (Å²) in [5.74, 6) is -2.83. The molecule has 1 aliphatic carbocycles. The van der Waals surface area contributed by atoms with E-state index in [9.17, 15) is 13.2 Å². The highest BCUT2D eigenvalue weighted by molar-refractivity contribution is 5.64. The third-order valence-corrected chi connectivity index (χ3v) is 3.84.